The summed E-state index contributed by atoms with van der Waals surface area (Å²) < 4.78 is 1.83. The second-order valence-corrected chi connectivity index (χ2v) is 6.77. The summed E-state index contributed by atoms with van der Waals surface area (Å²) >= 11 is 1.50. The predicted molar refractivity (Wildman–Crippen MR) is 97.6 cm³/mol. The summed E-state index contributed by atoms with van der Waals surface area (Å²) in [5.41, 5.74) is 1.63. The Kier molecular flexibility index (Phi) is 5.55. The SMILES string of the molecule is CCCn1ncnc1[C@H](C)NC(=O)c1csc(Cc2ccccc2)n1. The van der Waals surface area contributed by atoms with Gasteiger partial charge in [0.25, 0.3) is 5.91 Å². The lowest BCUT2D eigenvalue weighted by Crippen LogP contribution is -2.29. The average molecular weight is 355 g/mol. The molecule has 1 N–H and O–H groups in total. The second-order valence-electron chi connectivity index (χ2n) is 5.83. The Morgan fingerprint density at radius 2 is 2.12 bits per heavy atom. The van der Waals surface area contributed by atoms with Gasteiger partial charge in [-0.05, 0) is 18.9 Å². The number of hydrogen-bond donors (Lipinski definition) is 1. The van der Waals surface area contributed by atoms with Crippen LogP contribution in [-0.4, -0.2) is 25.7 Å². The Balaban J connectivity index is 1.64. The molecule has 0 bridgehead atoms. The number of aryl methyl sites for hydroxylation is 1. The lowest BCUT2D eigenvalue weighted by atomic mass is 10.2. The van der Waals surface area contributed by atoms with Gasteiger partial charge in [-0.2, -0.15) is 5.10 Å². The van der Waals surface area contributed by atoms with Crippen molar-refractivity contribution in [1.29, 1.82) is 0 Å². The highest BCUT2D eigenvalue weighted by Gasteiger charge is 2.18. The van der Waals surface area contributed by atoms with Crippen LogP contribution in [-0.2, 0) is 13.0 Å². The Morgan fingerprint density at radius 1 is 1.32 bits per heavy atom. The maximum Gasteiger partial charge on any atom is 0.271 e. The zero-order valence-corrected chi connectivity index (χ0v) is 15.2. The molecule has 6 nitrogen and oxygen atoms in total. The zero-order chi connectivity index (χ0) is 17.6. The van der Waals surface area contributed by atoms with Crippen molar-refractivity contribution in [2.75, 3.05) is 0 Å². The molecule has 1 aromatic carbocycles. The molecule has 3 rings (SSSR count). The van der Waals surface area contributed by atoms with E-state index in [0.29, 0.717) is 5.69 Å². The molecule has 0 aliphatic heterocycles. The number of amides is 1. The van der Waals surface area contributed by atoms with Crippen molar-refractivity contribution >= 4 is 17.2 Å². The first-order chi connectivity index (χ1) is 12.2. The molecule has 7 heteroatoms. The fourth-order valence-electron chi connectivity index (χ4n) is 2.59. The molecule has 25 heavy (non-hydrogen) atoms. The first-order valence-corrected chi connectivity index (χ1v) is 9.22. The van der Waals surface area contributed by atoms with E-state index >= 15 is 0 Å². The maximum atomic E-state index is 12.5. The van der Waals surface area contributed by atoms with E-state index in [0.717, 1.165) is 30.2 Å². The predicted octanol–water partition coefficient (Wildman–Crippen LogP) is 3.23. The van der Waals surface area contributed by atoms with E-state index in [-0.39, 0.29) is 11.9 Å². The Bertz CT molecular complexity index is 827. The molecule has 0 aliphatic carbocycles. The molecule has 0 saturated heterocycles. The van der Waals surface area contributed by atoms with Crippen molar-refractivity contribution in [3.63, 3.8) is 0 Å². The quantitative estimate of drug-likeness (QED) is 0.706. The summed E-state index contributed by atoms with van der Waals surface area (Å²) in [6.07, 6.45) is 3.22. The van der Waals surface area contributed by atoms with Gasteiger partial charge in [0.05, 0.1) is 11.0 Å². The molecular weight excluding hydrogens is 334 g/mol. The molecule has 0 fully saturated rings. The van der Waals surface area contributed by atoms with Gasteiger partial charge in [-0.1, -0.05) is 37.3 Å². The van der Waals surface area contributed by atoms with Crippen LogP contribution in [0, 0.1) is 0 Å². The molecule has 2 aromatic heterocycles. The van der Waals surface area contributed by atoms with Crippen LogP contribution in [0.15, 0.2) is 42.0 Å². The van der Waals surface area contributed by atoms with Gasteiger partial charge < -0.3 is 5.32 Å². The zero-order valence-electron chi connectivity index (χ0n) is 14.3. The number of thiazole rings is 1. The average Bonchev–Trinajstić information content (AvgIpc) is 3.26. The molecule has 0 saturated carbocycles. The van der Waals surface area contributed by atoms with E-state index in [9.17, 15) is 4.79 Å². The summed E-state index contributed by atoms with van der Waals surface area (Å²) in [5.74, 6) is 0.573. The van der Waals surface area contributed by atoms with Crippen LogP contribution in [0.4, 0.5) is 0 Å². The van der Waals surface area contributed by atoms with Gasteiger partial charge in [0.15, 0.2) is 0 Å². The first-order valence-electron chi connectivity index (χ1n) is 8.34. The number of rotatable bonds is 7. The van der Waals surface area contributed by atoms with Crippen molar-refractivity contribution in [2.45, 2.75) is 39.3 Å². The minimum atomic E-state index is -0.221. The van der Waals surface area contributed by atoms with Gasteiger partial charge in [0, 0.05) is 18.3 Å². The summed E-state index contributed by atoms with van der Waals surface area (Å²) in [6, 6.07) is 9.90. The third-order valence-corrected chi connectivity index (χ3v) is 4.65. The summed E-state index contributed by atoms with van der Waals surface area (Å²) in [4.78, 5) is 21.2. The smallest absolute Gasteiger partial charge is 0.271 e. The van der Waals surface area contributed by atoms with Crippen LogP contribution in [0.2, 0.25) is 0 Å². The third-order valence-electron chi connectivity index (χ3n) is 3.80. The van der Waals surface area contributed by atoms with Crippen LogP contribution < -0.4 is 5.32 Å². The van der Waals surface area contributed by atoms with E-state index < -0.39 is 0 Å². The number of nitrogens with zero attached hydrogens (tertiary/aromatic N) is 4. The summed E-state index contributed by atoms with van der Waals surface area (Å²) in [6.45, 7) is 4.77. The number of nitrogens with one attached hydrogen (secondary N) is 1. The molecule has 0 unspecified atom stereocenters. The third kappa shape index (κ3) is 4.30. The van der Waals surface area contributed by atoms with Crippen molar-refractivity contribution < 1.29 is 4.79 Å². The van der Waals surface area contributed by atoms with Crippen molar-refractivity contribution in [1.82, 2.24) is 25.1 Å². The number of carbonyl (C=O) groups excluding carboxylic acids is 1. The fraction of sp³-hybridized carbons (Fsp3) is 0.333. The number of benzene rings is 1. The van der Waals surface area contributed by atoms with Crippen molar-refractivity contribution in [2.24, 2.45) is 0 Å². The fourth-order valence-corrected chi connectivity index (χ4v) is 3.40. The van der Waals surface area contributed by atoms with Gasteiger partial charge in [0.1, 0.15) is 17.8 Å². The van der Waals surface area contributed by atoms with Crippen LogP contribution >= 0.6 is 11.3 Å². The maximum absolute atomic E-state index is 12.5. The van der Waals surface area contributed by atoms with Crippen LogP contribution in [0.1, 0.15) is 53.2 Å². The second kappa shape index (κ2) is 8.02. The first kappa shape index (κ1) is 17.3. The Morgan fingerprint density at radius 3 is 2.88 bits per heavy atom. The highest BCUT2D eigenvalue weighted by atomic mass is 32.1. The minimum Gasteiger partial charge on any atom is -0.341 e. The lowest BCUT2D eigenvalue weighted by molar-refractivity contribution is 0.0933. The Labute approximate surface area is 150 Å². The highest BCUT2D eigenvalue weighted by molar-refractivity contribution is 7.09. The van der Waals surface area contributed by atoms with E-state index in [1.165, 1.54) is 23.2 Å². The molecule has 0 radical (unpaired) electrons. The van der Waals surface area contributed by atoms with E-state index in [1.807, 2.05) is 29.8 Å². The molecule has 1 atom stereocenters. The lowest BCUT2D eigenvalue weighted by Gasteiger charge is -2.13. The topological polar surface area (TPSA) is 72.7 Å². The molecule has 1 amide bonds. The minimum absolute atomic E-state index is 0.186. The number of aromatic nitrogens is 4. The monoisotopic (exact) mass is 355 g/mol. The molecule has 2 heterocycles. The van der Waals surface area contributed by atoms with Gasteiger partial charge in [-0.15, -0.1) is 11.3 Å². The standard InChI is InChI=1S/C18H21N5OS/c1-3-9-23-17(19-12-20-23)13(2)21-18(24)15-11-25-16(22-15)10-14-7-5-4-6-8-14/h4-8,11-13H,3,9-10H2,1-2H3,(H,21,24)/t13-/m0/s1. The Hall–Kier alpha value is -2.54. The largest absolute Gasteiger partial charge is 0.341 e. The van der Waals surface area contributed by atoms with Crippen molar-refractivity contribution in [3.8, 4) is 0 Å². The normalized spacial score (nSPS) is 12.1. The van der Waals surface area contributed by atoms with Crippen LogP contribution in [0.3, 0.4) is 0 Å². The number of carbonyl (C=O) groups is 1. The van der Waals surface area contributed by atoms with Crippen molar-refractivity contribution in [3.05, 3.63) is 64.1 Å². The van der Waals surface area contributed by atoms with E-state index in [2.05, 4.69) is 39.4 Å². The molecule has 0 aliphatic rings. The highest BCUT2D eigenvalue weighted by Crippen LogP contribution is 2.16. The van der Waals surface area contributed by atoms with Crippen LogP contribution in [0.5, 0.6) is 0 Å². The molecule has 3 aromatic rings. The van der Waals surface area contributed by atoms with Gasteiger partial charge in [-0.3, -0.25) is 4.79 Å². The van der Waals surface area contributed by atoms with E-state index in [4.69, 9.17) is 0 Å². The van der Waals surface area contributed by atoms with E-state index in [1.54, 1.807) is 5.38 Å². The molecule has 0 spiro atoms. The van der Waals surface area contributed by atoms with Gasteiger partial charge in [0.2, 0.25) is 0 Å². The summed E-state index contributed by atoms with van der Waals surface area (Å²) in [5, 5.41) is 9.89. The van der Waals surface area contributed by atoms with Crippen LogP contribution in [0.25, 0.3) is 0 Å². The molecule has 130 valence electrons. The number of hydrogen-bond acceptors (Lipinski definition) is 5. The molecular formula is C18H21N5OS. The van der Waals surface area contributed by atoms with Gasteiger partial charge >= 0.3 is 0 Å². The van der Waals surface area contributed by atoms with Gasteiger partial charge in [-0.25, -0.2) is 14.6 Å². The summed E-state index contributed by atoms with van der Waals surface area (Å²) in [7, 11) is 0.